The van der Waals surface area contributed by atoms with Crippen molar-refractivity contribution in [2.75, 3.05) is 26.6 Å². The maximum atomic E-state index is 5.79. The van der Waals surface area contributed by atoms with E-state index < -0.39 is 0 Å². The van der Waals surface area contributed by atoms with E-state index in [9.17, 15) is 0 Å². The second-order valence-corrected chi connectivity index (χ2v) is 5.59. The lowest BCUT2D eigenvalue weighted by molar-refractivity contribution is 0.324. The minimum Gasteiger partial charge on any atom is -0.493 e. The zero-order valence-corrected chi connectivity index (χ0v) is 15.1. The molecule has 1 aromatic heterocycles. The van der Waals surface area contributed by atoms with Crippen molar-refractivity contribution in [2.24, 2.45) is 0 Å². The molecule has 1 atom stereocenters. The number of anilines is 1. The van der Waals surface area contributed by atoms with Crippen molar-refractivity contribution in [3.05, 3.63) is 48.4 Å². The Kier molecular flexibility index (Phi) is 5.26. The molecule has 0 fully saturated rings. The van der Waals surface area contributed by atoms with Crippen molar-refractivity contribution in [1.29, 1.82) is 0 Å². The van der Waals surface area contributed by atoms with Gasteiger partial charge >= 0.3 is 0 Å². The fourth-order valence-electron chi connectivity index (χ4n) is 2.58. The van der Waals surface area contributed by atoms with E-state index >= 15 is 0 Å². The summed E-state index contributed by atoms with van der Waals surface area (Å²) in [5.41, 5.74) is 1.66. The fraction of sp³-hybridized carbons (Fsp3) is 0.263. The third-order valence-electron chi connectivity index (χ3n) is 3.88. The molecular weight excluding hydrogens is 334 g/mol. The number of aromatic nitrogens is 2. The Morgan fingerprint density at radius 2 is 1.58 bits per heavy atom. The predicted octanol–water partition coefficient (Wildman–Crippen LogP) is 3.94. The highest BCUT2D eigenvalue weighted by Gasteiger charge is 2.18. The standard InChI is InChI=1S/C19H21N3O4/c1-12(18-21-22-19(26-18)13-8-6-5-7-9-13)20-14-10-15(23-2)17(25-4)16(11-14)24-3/h5-12,20H,1-4H3/t12-/m1/s1. The molecule has 1 heterocycles. The zero-order chi connectivity index (χ0) is 18.5. The van der Waals surface area contributed by atoms with E-state index in [1.807, 2.05) is 49.4 Å². The normalized spacial score (nSPS) is 11.7. The summed E-state index contributed by atoms with van der Waals surface area (Å²) in [6.45, 7) is 1.94. The van der Waals surface area contributed by atoms with Crippen LogP contribution in [0.2, 0.25) is 0 Å². The first kappa shape index (κ1) is 17.6. The Morgan fingerprint density at radius 3 is 2.15 bits per heavy atom. The molecule has 0 radical (unpaired) electrons. The Morgan fingerprint density at radius 1 is 0.923 bits per heavy atom. The summed E-state index contributed by atoms with van der Waals surface area (Å²) >= 11 is 0. The second kappa shape index (κ2) is 7.77. The molecule has 0 aliphatic carbocycles. The minimum atomic E-state index is -0.206. The number of nitrogens with zero attached hydrogens (tertiary/aromatic N) is 2. The van der Waals surface area contributed by atoms with Crippen molar-refractivity contribution in [3.63, 3.8) is 0 Å². The summed E-state index contributed by atoms with van der Waals surface area (Å²) < 4.78 is 21.9. The summed E-state index contributed by atoms with van der Waals surface area (Å²) in [6.07, 6.45) is 0. The quantitative estimate of drug-likeness (QED) is 0.688. The lowest BCUT2D eigenvalue weighted by Crippen LogP contribution is -2.08. The SMILES string of the molecule is COc1cc(N[C@H](C)c2nnc(-c3ccccc3)o2)cc(OC)c1OC. The van der Waals surface area contributed by atoms with Crippen LogP contribution < -0.4 is 19.5 Å². The number of rotatable bonds is 7. The van der Waals surface area contributed by atoms with Crippen LogP contribution >= 0.6 is 0 Å². The van der Waals surface area contributed by atoms with Crippen LogP contribution in [-0.4, -0.2) is 31.5 Å². The monoisotopic (exact) mass is 355 g/mol. The van der Waals surface area contributed by atoms with E-state index in [4.69, 9.17) is 18.6 Å². The summed E-state index contributed by atoms with van der Waals surface area (Å²) in [4.78, 5) is 0. The molecule has 136 valence electrons. The number of nitrogens with one attached hydrogen (secondary N) is 1. The molecule has 0 unspecified atom stereocenters. The van der Waals surface area contributed by atoms with Crippen molar-refractivity contribution >= 4 is 5.69 Å². The van der Waals surface area contributed by atoms with Crippen LogP contribution in [0.1, 0.15) is 18.9 Å². The molecule has 0 aliphatic heterocycles. The maximum Gasteiger partial charge on any atom is 0.247 e. The number of benzene rings is 2. The van der Waals surface area contributed by atoms with Gasteiger partial charge in [-0.1, -0.05) is 18.2 Å². The maximum absolute atomic E-state index is 5.79. The number of methoxy groups -OCH3 is 3. The Labute approximate surface area is 151 Å². The van der Waals surface area contributed by atoms with Gasteiger partial charge in [0.1, 0.15) is 6.04 Å². The van der Waals surface area contributed by atoms with E-state index in [0.717, 1.165) is 11.3 Å². The molecule has 0 amide bonds. The Balaban J connectivity index is 1.82. The van der Waals surface area contributed by atoms with Crippen LogP contribution in [0.25, 0.3) is 11.5 Å². The number of ether oxygens (including phenoxy) is 3. The third kappa shape index (κ3) is 3.56. The molecule has 0 saturated carbocycles. The first-order chi connectivity index (χ1) is 12.7. The average molecular weight is 355 g/mol. The fourth-order valence-corrected chi connectivity index (χ4v) is 2.58. The van der Waals surface area contributed by atoms with E-state index in [1.165, 1.54) is 0 Å². The van der Waals surface area contributed by atoms with Gasteiger partial charge in [-0.25, -0.2) is 0 Å². The molecule has 1 N–H and O–H groups in total. The summed E-state index contributed by atoms with van der Waals surface area (Å²) in [5, 5.41) is 11.6. The van der Waals surface area contributed by atoms with E-state index in [0.29, 0.717) is 29.0 Å². The van der Waals surface area contributed by atoms with Gasteiger partial charge in [-0.3, -0.25) is 0 Å². The molecule has 7 nitrogen and oxygen atoms in total. The molecule has 26 heavy (non-hydrogen) atoms. The predicted molar refractivity (Wildman–Crippen MR) is 97.9 cm³/mol. The van der Waals surface area contributed by atoms with Gasteiger partial charge in [0.2, 0.25) is 17.5 Å². The zero-order valence-electron chi connectivity index (χ0n) is 15.1. The van der Waals surface area contributed by atoms with E-state index in [1.54, 1.807) is 21.3 Å². The highest BCUT2D eigenvalue weighted by molar-refractivity contribution is 5.63. The Hall–Kier alpha value is -3.22. The van der Waals surface area contributed by atoms with Crippen molar-refractivity contribution < 1.29 is 18.6 Å². The molecule has 3 rings (SSSR count). The van der Waals surface area contributed by atoms with Crippen molar-refractivity contribution in [1.82, 2.24) is 10.2 Å². The third-order valence-corrected chi connectivity index (χ3v) is 3.88. The molecular formula is C19H21N3O4. The number of hydrogen-bond donors (Lipinski definition) is 1. The van der Waals surface area contributed by atoms with Crippen LogP contribution in [0.3, 0.4) is 0 Å². The van der Waals surface area contributed by atoms with Crippen LogP contribution in [-0.2, 0) is 0 Å². The van der Waals surface area contributed by atoms with Gasteiger partial charge in [0.25, 0.3) is 0 Å². The molecule has 0 bridgehead atoms. The molecule has 0 aliphatic rings. The first-order valence-corrected chi connectivity index (χ1v) is 8.11. The first-order valence-electron chi connectivity index (χ1n) is 8.11. The lowest BCUT2D eigenvalue weighted by atomic mass is 10.2. The van der Waals surface area contributed by atoms with Crippen molar-refractivity contribution in [3.8, 4) is 28.7 Å². The molecule has 7 heteroatoms. The summed E-state index contributed by atoms with van der Waals surface area (Å²) in [7, 11) is 4.73. The minimum absolute atomic E-state index is 0.206. The van der Waals surface area contributed by atoms with Crippen LogP contribution in [0, 0.1) is 0 Å². The van der Waals surface area contributed by atoms with Gasteiger partial charge in [-0.15, -0.1) is 10.2 Å². The summed E-state index contributed by atoms with van der Waals surface area (Å²) in [6, 6.07) is 13.1. The van der Waals surface area contributed by atoms with Crippen molar-refractivity contribution in [2.45, 2.75) is 13.0 Å². The molecule has 3 aromatic rings. The smallest absolute Gasteiger partial charge is 0.247 e. The van der Waals surface area contributed by atoms with Crippen LogP contribution in [0.15, 0.2) is 46.9 Å². The highest BCUT2D eigenvalue weighted by atomic mass is 16.5. The topological polar surface area (TPSA) is 78.6 Å². The molecule has 0 saturated heterocycles. The van der Waals surface area contributed by atoms with Gasteiger partial charge in [0.15, 0.2) is 11.5 Å². The van der Waals surface area contributed by atoms with Crippen LogP contribution in [0.4, 0.5) is 5.69 Å². The van der Waals surface area contributed by atoms with E-state index in [-0.39, 0.29) is 6.04 Å². The van der Waals surface area contributed by atoms with Gasteiger partial charge in [0.05, 0.1) is 21.3 Å². The number of hydrogen-bond acceptors (Lipinski definition) is 7. The van der Waals surface area contributed by atoms with Gasteiger partial charge in [-0.05, 0) is 19.1 Å². The molecule has 2 aromatic carbocycles. The van der Waals surface area contributed by atoms with Crippen LogP contribution in [0.5, 0.6) is 17.2 Å². The van der Waals surface area contributed by atoms with Gasteiger partial charge < -0.3 is 23.9 Å². The summed E-state index contributed by atoms with van der Waals surface area (Å²) in [5.74, 6) is 2.64. The van der Waals surface area contributed by atoms with E-state index in [2.05, 4.69) is 15.5 Å². The largest absolute Gasteiger partial charge is 0.493 e. The Bertz CT molecular complexity index is 839. The highest BCUT2D eigenvalue weighted by Crippen LogP contribution is 2.40. The van der Waals surface area contributed by atoms with Gasteiger partial charge in [-0.2, -0.15) is 0 Å². The average Bonchev–Trinajstić information content (AvgIpc) is 3.18. The van der Waals surface area contributed by atoms with Gasteiger partial charge in [0, 0.05) is 23.4 Å². The molecule has 0 spiro atoms. The lowest BCUT2D eigenvalue weighted by Gasteiger charge is -2.17. The second-order valence-electron chi connectivity index (χ2n) is 5.59.